The molecule has 4 nitrogen and oxygen atoms in total. The van der Waals surface area contributed by atoms with Crippen molar-refractivity contribution in [1.29, 1.82) is 0 Å². The van der Waals surface area contributed by atoms with Gasteiger partial charge in [0.05, 0.1) is 12.7 Å². The highest BCUT2D eigenvalue weighted by Gasteiger charge is 2.10. The molecule has 0 aliphatic rings. The zero-order valence-electron chi connectivity index (χ0n) is 13.1. The molecule has 4 heteroatoms. The smallest absolute Gasteiger partial charge is 0.171 e. The van der Waals surface area contributed by atoms with Gasteiger partial charge in [-0.25, -0.2) is 0 Å². The molecule has 0 saturated carbocycles. The molecule has 2 aromatic rings. The number of carbonyl (C=O) groups is 1. The quantitative estimate of drug-likeness (QED) is 0.579. The summed E-state index contributed by atoms with van der Waals surface area (Å²) in [5, 5.41) is 0. The maximum atomic E-state index is 11.1. The average Bonchev–Trinajstić information content (AvgIpc) is 2.53. The molecule has 0 unspecified atom stereocenters. The van der Waals surface area contributed by atoms with Crippen LogP contribution < -0.4 is 14.2 Å². The fourth-order valence-electron chi connectivity index (χ4n) is 2.26. The number of methoxy groups -OCH3 is 1. The molecule has 0 fully saturated rings. The zero-order chi connectivity index (χ0) is 15.9. The van der Waals surface area contributed by atoms with Crippen molar-refractivity contribution in [3.8, 4) is 17.2 Å². The Hall–Kier alpha value is -2.49. The zero-order valence-corrected chi connectivity index (χ0v) is 13.1. The van der Waals surface area contributed by atoms with Crippen molar-refractivity contribution < 1.29 is 19.0 Å². The third-order valence-electron chi connectivity index (χ3n) is 3.34. The minimum absolute atomic E-state index is 0.328. The molecule has 22 heavy (non-hydrogen) atoms. The molecular formula is C18H20O4. The van der Waals surface area contributed by atoms with Crippen LogP contribution in [0.4, 0.5) is 0 Å². The SMILES string of the molecule is COc1cccc(C=O)c1OCCOc1c(C)cccc1C. The van der Waals surface area contributed by atoms with E-state index in [1.54, 1.807) is 25.3 Å². The maximum absolute atomic E-state index is 11.1. The number of para-hydroxylation sites is 2. The van der Waals surface area contributed by atoms with E-state index in [-0.39, 0.29) is 0 Å². The van der Waals surface area contributed by atoms with Crippen molar-refractivity contribution in [3.63, 3.8) is 0 Å². The minimum Gasteiger partial charge on any atom is -0.493 e. The molecule has 0 aromatic heterocycles. The van der Waals surface area contributed by atoms with Gasteiger partial charge in [-0.15, -0.1) is 0 Å². The molecule has 116 valence electrons. The van der Waals surface area contributed by atoms with Crippen LogP contribution in [-0.4, -0.2) is 26.6 Å². The Bertz CT molecular complexity index is 629. The van der Waals surface area contributed by atoms with Crippen LogP contribution in [0.5, 0.6) is 17.2 Å². The Balaban J connectivity index is 1.99. The van der Waals surface area contributed by atoms with E-state index in [0.29, 0.717) is 30.3 Å². The largest absolute Gasteiger partial charge is 0.493 e. The topological polar surface area (TPSA) is 44.8 Å². The number of ether oxygens (including phenoxy) is 3. The predicted molar refractivity (Wildman–Crippen MR) is 85.3 cm³/mol. The fourth-order valence-corrected chi connectivity index (χ4v) is 2.26. The molecule has 0 atom stereocenters. The first kappa shape index (κ1) is 15.9. The van der Waals surface area contributed by atoms with Crippen LogP contribution in [0.3, 0.4) is 0 Å². The van der Waals surface area contributed by atoms with E-state index >= 15 is 0 Å². The summed E-state index contributed by atoms with van der Waals surface area (Å²) < 4.78 is 16.7. The van der Waals surface area contributed by atoms with Gasteiger partial charge < -0.3 is 14.2 Å². The summed E-state index contributed by atoms with van der Waals surface area (Å²) in [5.74, 6) is 1.86. The van der Waals surface area contributed by atoms with Crippen LogP contribution >= 0.6 is 0 Å². The Labute approximate surface area is 130 Å². The van der Waals surface area contributed by atoms with Crippen molar-refractivity contribution >= 4 is 6.29 Å². The van der Waals surface area contributed by atoms with Gasteiger partial charge in [-0.2, -0.15) is 0 Å². The van der Waals surface area contributed by atoms with Crippen molar-refractivity contribution in [2.45, 2.75) is 13.8 Å². The van der Waals surface area contributed by atoms with E-state index in [2.05, 4.69) is 0 Å². The number of rotatable bonds is 7. The molecule has 2 aromatic carbocycles. The van der Waals surface area contributed by atoms with Gasteiger partial charge in [-0.3, -0.25) is 4.79 Å². The van der Waals surface area contributed by atoms with Gasteiger partial charge in [0.1, 0.15) is 19.0 Å². The number of hydrogen-bond acceptors (Lipinski definition) is 4. The summed E-state index contributed by atoms with van der Waals surface area (Å²) in [6, 6.07) is 11.2. The highest BCUT2D eigenvalue weighted by Crippen LogP contribution is 2.30. The van der Waals surface area contributed by atoms with Gasteiger partial charge in [0.2, 0.25) is 0 Å². The van der Waals surface area contributed by atoms with Crippen LogP contribution in [0.25, 0.3) is 0 Å². The van der Waals surface area contributed by atoms with Crippen LogP contribution in [0, 0.1) is 13.8 Å². The molecule has 0 bridgehead atoms. The van der Waals surface area contributed by atoms with Crippen molar-refractivity contribution in [2.24, 2.45) is 0 Å². The summed E-state index contributed by atoms with van der Waals surface area (Å²) in [5.41, 5.74) is 2.64. The van der Waals surface area contributed by atoms with E-state index in [4.69, 9.17) is 14.2 Å². The van der Waals surface area contributed by atoms with Gasteiger partial charge in [0.25, 0.3) is 0 Å². The van der Waals surface area contributed by atoms with Crippen molar-refractivity contribution in [1.82, 2.24) is 0 Å². The lowest BCUT2D eigenvalue weighted by atomic mass is 10.1. The summed E-state index contributed by atoms with van der Waals surface area (Å²) in [6.45, 7) is 4.73. The molecule has 0 saturated heterocycles. The van der Waals surface area contributed by atoms with E-state index in [1.165, 1.54) is 0 Å². The van der Waals surface area contributed by atoms with Gasteiger partial charge in [-0.05, 0) is 37.1 Å². The van der Waals surface area contributed by atoms with Crippen LogP contribution in [0.15, 0.2) is 36.4 Å². The molecule has 0 heterocycles. The van der Waals surface area contributed by atoms with Crippen LogP contribution in [0.1, 0.15) is 21.5 Å². The lowest BCUT2D eigenvalue weighted by Gasteiger charge is -2.14. The maximum Gasteiger partial charge on any atom is 0.171 e. The Morgan fingerprint density at radius 3 is 2.09 bits per heavy atom. The first-order valence-corrected chi connectivity index (χ1v) is 7.11. The second kappa shape index (κ2) is 7.50. The second-order valence-corrected chi connectivity index (χ2v) is 4.91. The monoisotopic (exact) mass is 300 g/mol. The normalized spacial score (nSPS) is 10.1. The first-order chi connectivity index (χ1) is 10.7. The lowest BCUT2D eigenvalue weighted by Crippen LogP contribution is -2.11. The summed E-state index contributed by atoms with van der Waals surface area (Å²) in [7, 11) is 1.55. The first-order valence-electron chi connectivity index (χ1n) is 7.11. The third-order valence-corrected chi connectivity index (χ3v) is 3.34. The minimum atomic E-state index is 0.328. The van der Waals surface area contributed by atoms with E-state index < -0.39 is 0 Å². The van der Waals surface area contributed by atoms with Crippen LogP contribution in [0.2, 0.25) is 0 Å². The average molecular weight is 300 g/mol. The van der Waals surface area contributed by atoms with Gasteiger partial charge in [0, 0.05) is 0 Å². The van der Waals surface area contributed by atoms with E-state index in [1.807, 2.05) is 32.0 Å². The predicted octanol–water partition coefficient (Wildman–Crippen LogP) is 3.58. The fraction of sp³-hybridized carbons (Fsp3) is 0.278. The van der Waals surface area contributed by atoms with Gasteiger partial charge in [0.15, 0.2) is 17.8 Å². The van der Waals surface area contributed by atoms with Crippen molar-refractivity contribution in [2.75, 3.05) is 20.3 Å². The Morgan fingerprint density at radius 2 is 1.50 bits per heavy atom. The summed E-state index contributed by atoms with van der Waals surface area (Å²) in [6.07, 6.45) is 0.754. The van der Waals surface area contributed by atoms with E-state index in [0.717, 1.165) is 23.2 Å². The summed E-state index contributed by atoms with van der Waals surface area (Å²) >= 11 is 0. The molecule has 0 aliphatic heterocycles. The Morgan fingerprint density at radius 1 is 0.909 bits per heavy atom. The van der Waals surface area contributed by atoms with Crippen molar-refractivity contribution in [3.05, 3.63) is 53.1 Å². The van der Waals surface area contributed by atoms with E-state index in [9.17, 15) is 4.79 Å². The molecule has 0 amide bonds. The molecule has 0 radical (unpaired) electrons. The molecular weight excluding hydrogens is 280 g/mol. The highest BCUT2D eigenvalue weighted by molar-refractivity contribution is 5.81. The molecule has 0 spiro atoms. The van der Waals surface area contributed by atoms with Crippen LogP contribution in [-0.2, 0) is 0 Å². The highest BCUT2D eigenvalue weighted by atomic mass is 16.5. The number of aryl methyl sites for hydroxylation is 2. The third kappa shape index (κ3) is 3.58. The number of hydrogen-bond donors (Lipinski definition) is 0. The number of benzene rings is 2. The summed E-state index contributed by atoms with van der Waals surface area (Å²) in [4.78, 5) is 11.1. The lowest BCUT2D eigenvalue weighted by molar-refractivity contribution is 0.111. The number of aldehydes is 1. The number of carbonyl (C=O) groups excluding carboxylic acids is 1. The van der Waals surface area contributed by atoms with Gasteiger partial charge >= 0.3 is 0 Å². The molecule has 0 aliphatic carbocycles. The Kier molecular flexibility index (Phi) is 5.42. The van der Waals surface area contributed by atoms with Gasteiger partial charge in [-0.1, -0.05) is 24.3 Å². The molecule has 2 rings (SSSR count). The molecule has 0 N–H and O–H groups in total. The standard InChI is InChI=1S/C18H20O4/c1-13-6-4-7-14(2)17(13)21-10-11-22-18-15(12-19)8-5-9-16(18)20-3/h4-9,12H,10-11H2,1-3H3. The second-order valence-electron chi connectivity index (χ2n) is 4.91.